The molecule has 0 saturated heterocycles. The Morgan fingerprint density at radius 1 is 1.08 bits per heavy atom. The Hall–Kier alpha value is -2.11. The van der Waals surface area contributed by atoms with Crippen LogP contribution in [0.15, 0.2) is 58.8 Å². The minimum absolute atomic E-state index is 0.101. The Morgan fingerprint density at radius 2 is 1.76 bits per heavy atom. The molecule has 0 saturated carbocycles. The standard InChI is InChI=1S/C20H20N2OS2/c1-13(2)20-22-18(12-25-20)14-4-8-16(9-5-14)21-19(23)15-6-10-17(24-3)11-7-15/h4-13H,1-3H3,(H,21,23). The molecule has 0 aliphatic rings. The normalized spacial score (nSPS) is 10.9. The van der Waals surface area contributed by atoms with Gasteiger partial charge in [-0.1, -0.05) is 26.0 Å². The minimum Gasteiger partial charge on any atom is -0.322 e. The number of nitrogens with one attached hydrogen (secondary N) is 1. The molecule has 128 valence electrons. The first-order valence-corrected chi connectivity index (χ1v) is 10.2. The van der Waals surface area contributed by atoms with Crippen molar-refractivity contribution >= 4 is 34.7 Å². The predicted molar refractivity (Wildman–Crippen MR) is 108 cm³/mol. The highest BCUT2D eigenvalue weighted by Gasteiger charge is 2.09. The van der Waals surface area contributed by atoms with Crippen LogP contribution in [0.2, 0.25) is 0 Å². The fourth-order valence-electron chi connectivity index (χ4n) is 2.36. The molecule has 0 aliphatic carbocycles. The number of carbonyl (C=O) groups excluding carboxylic acids is 1. The quantitative estimate of drug-likeness (QED) is 0.569. The Morgan fingerprint density at radius 3 is 2.32 bits per heavy atom. The molecular formula is C20H20N2OS2. The summed E-state index contributed by atoms with van der Waals surface area (Å²) in [6.45, 7) is 4.29. The van der Waals surface area contributed by atoms with Crippen molar-refractivity contribution in [1.82, 2.24) is 4.98 Å². The highest BCUT2D eigenvalue weighted by atomic mass is 32.2. The van der Waals surface area contributed by atoms with E-state index in [2.05, 4.69) is 29.5 Å². The third-order valence-electron chi connectivity index (χ3n) is 3.81. The summed E-state index contributed by atoms with van der Waals surface area (Å²) < 4.78 is 0. The Bertz CT molecular complexity index is 852. The molecule has 3 nitrogen and oxygen atoms in total. The Balaban J connectivity index is 1.70. The lowest BCUT2D eigenvalue weighted by Gasteiger charge is -2.07. The molecule has 0 unspecified atom stereocenters. The van der Waals surface area contributed by atoms with Gasteiger partial charge in [0.1, 0.15) is 0 Å². The van der Waals surface area contributed by atoms with Gasteiger partial charge < -0.3 is 5.32 Å². The van der Waals surface area contributed by atoms with Gasteiger partial charge in [-0.05, 0) is 42.7 Å². The van der Waals surface area contributed by atoms with Crippen molar-refractivity contribution in [3.05, 3.63) is 64.5 Å². The molecule has 1 aromatic heterocycles. The van der Waals surface area contributed by atoms with Crippen molar-refractivity contribution in [3.63, 3.8) is 0 Å². The lowest BCUT2D eigenvalue weighted by Crippen LogP contribution is -2.11. The van der Waals surface area contributed by atoms with E-state index in [0.717, 1.165) is 26.8 Å². The summed E-state index contributed by atoms with van der Waals surface area (Å²) in [7, 11) is 0. The van der Waals surface area contributed by atoms with E-state index in [4.69, 9.17) is 0 Å². The van der Waals surface area contributed by atoms with Gasteiger partial charge in [-0.25, -0.2) is 4.98 Å². The number of thioether (sulfide) groups is 1. The number of thiazole rings is 1. The smallest absolute Gasteiger partial charge is 0.255 e. The number of anilines is 1. The summed E-state index contributed by atoms with van der Waals surface area (Å²) >= 11 is 3.34. The van der Waals surface area contributed by atoms with E-state index in [9.17, 15) is 4.79 Å². The summed E-state index contributed by atoms with van der Waals surface area (Å²) in [6.07, 6.45) is 2.02. The molecule has 2 aromatic carbocycles. The van der Waals surface area contributed by atoms with Crippen LogP contribution in [0, 0.1) is 0 Å². The molecule has 0 radical (unpaired) electrons. The number of amides is 1. The third-order valence-corrected chi connectivity index (χ3v) is 5.70. The van der Waals surface area contributed by atoms with Gasteiger partial charge in [0.2, 0.25) is 0 Å². The largest absolute Gasteiger partial charge is 0.322 e. The maximum Gasteiger partial charge on any atom is 0.255 e. The number of hydrogen-bond acceptors (Lipinski definition) is 4. The summed E-state index contributed by atoms with van der Waals surface area (Å²) in [6, 6.07) is 15.4. The predicted octanol–water partition coefficient (Wildman–Crippen LogP) is 5.91. The lowest BCUT2D eigenvalue weighted by molar-refractivity contribution is 0.102. The van der Waals surface area contributed by atoms with Crippen molar-refractivity contribution < 1.29 is 4.79 Å². The molecule has 0 spiro atoms. The molecule has 3 aromatic rings. The van der Waals surface area contributed by atoms with Crippen LogP contribution in [0.1, 0.15) is 35.1 Å². The van der Waals surface area contributed by atoms with Crippen LogP contribution < -0.4 is 5.32 Å². The van der Waals surface area contributed by atoms with E-state index in [1.165, 1.54) is 0 Å². The first-order valence-electron chi connectivity index (χ1n) is 8.08. The van der Waals surface area contributed by atoms with Crippen LogP contribution in [0.25, 0.3) is 11.3 Å². The van der Waals surface area contributed by atoms with E-state index >= 15 is 0 Å². The molecule has 1 heterocycles. The number of aromatic nitrogens is 1. The Labute approximate surface area is 156 Å². The number of nitrogens with zero attached hydrogens (tertiary/aromatic N) is 1. The summed E-state index contributed by atoms with van der Waals surface area (Å²) in [5.74, 6) is 0.339. The SMILES string of the molecule is CSc1ccc(C(=O)Nc2ccc(-c3csc(C(C)C)n3)cc2)cc1. The fraction of sp³-hybridized carbons (Fsp3) is 0.200. The van der Waals surface area contributed by atoms with Crippen LogP contribution in [0.4, 0.5) is 5.69 Å². The minimum atomic E-state index is -0.101. The van der Waals surface area contributed by atoms with Crippen molar-refractivity contribution in [2.45, 2.75) is 24.7 Å². The first kappa shape index (κ1) is 17.7. The second-order valence-electron chi connectivity index (χ2n) is 5.99. The van der Waals surface area contributed by atoms with Gasteiger partial charge in [0.25, 0.3) is 5.91 Å². The monoisotopic (exact) mass is 368 g/mol. The highest BCUT2D eigenvalue weighted by molar-refractivity contribution is 7.98. The molecule has 0 aliphatic heterocycles. The number of carbonyl (C=O) groups is 1. The molecule has 3 rings (SSSR count). The van der Waals surface area contributed by atoms with Crippen LogP contribution in [-0.2, 0) is 0 Å². The zero-order valence-corrected chi connectivity index (χ0v) is 16.1. The van der Waals surface area contributed by atoms with Gasteiger partial charge in [-0.3, -0.25) is 4.79 Å². The van der Waals surface area contributed by atoms with Gasteiger partial charge in [-0.15, -0.1) is 23.1 Å². The van der Waals surface area contributed by atoms with Crippen molar-refractivity contribution in [2.75, 3.05) is 11.6 Å². The maximum absolute atomic E-state index is 12.3. The average molecular weight is 369 g/mol. The van der Waals surface area contributed by atoms with Crippen molar-refractivity contribution in [2.24, 2.45) is 0 Å². The first-order chi connectivity index (χ1) is 12.1. The third kappa shape index (κ3) is 4.30. The molecule has 1 N–H and O–H groups in total. The molecule has 25 heavy (non-hydrogen) atoms. The van der Waals surface area contributed by atoms with Crippen molar-refractivity contribution in [3.8, 4) is 11.3 Å². The van der Waals surface area contributed by atoms with Gasteiger partial charge in [0.15, 0.2) is 0 Å². The summed E-state index contributed by atoms with van der Waals surface area (Å²) in [5, 5.41) is 6.15. The van der Waals surface area contributed by atoms with E-state index in [-0.39, 0.29) is 5.91 Å². The van der Waals surface area contributed by atoms with E-state index < -0.39 is 0 Å². The van der Waals surface area contributed by atoms with Crippen LogP contribution in [0.5, 0.6) is 0 Å². The van der Waals surface area contributed by atoms with Crippen LogP contribution >= 0.6 is 23.1 Å². The number of rotatable bonds is 5. The summed E-state index contributed by atoms with van der Waals surface area (Å²) in [4.78, 5) is 18.1. The molecule has 0 fully saturated rings. The Kier molecular flexibility index (Phi) is 5.56. The number of hydrogen-bond donors (Lipinski definition) is 1. The van der Waals surface area contributed by atoms with Gasteiger partial charge in [-0.2, -0.15) is 0 Å². The average Bonchev–Trinajstić information content (AvgIpc) is 3.13. The topological polar surface area (TPSA) is 42.0 Å². The highest BCUT2D eigenvalue weighted by Crippen LogP contribution is 2.27. The molecule has 1 amide bonds. The summed E-state index contributed by atoms with van der Waals surface area (Å²) in [5.41, 5.74) is 3.48. The van der Waals surface area contributed by atoms with E-state index in [1.54, 1.807) is 23.1 Å². The molecule has 0 bridgehead atoms. The lowest BCUT2D eigenvalue weighted by atomic mass is 10.1. The van der Waals surface area contributed by atoms with Crippen molar-refractivity contribution in [1.29, 1.82) is 0 Å². The van der Waals surface area contributed by atoms with Gasteiger partial charge >= 0.3 is 0 Å². The van der Waals surface area contributed by atoms with E-state index in [0.29, 0.717) is 11.5 Å². The zero-order valence-electron chi connectivity index (χ0n) is 14.4. The van der Waals surface area contributed by atoms with Gasteiger partial charge in [0, 0.05) is 33.0 Å². The molecule has 0 atom stereocenters. The number of benzene rings is 2. The molecular weight excluding hydrogens is 348 g/mol. The van der Waals surface area contributed by atoms with E-state index in [1.807, 2.05) is 54.8 Å². The molecule has 5 heteroatoms. The van der Waals surface area contributed by atoms with Gasteiger partial charge in [0.05, 0.1) is 10.7 Å². The van der Waals surface area contributed by atoms with Crippen LogP contribution in [0.3, 0.4) is 0 Å². The second kappa shape index (κ2) is 7.85. The van der Waals surface area contributed by atoms with Crippen LogP contribution in [-0.4, -0.2) is 17.1 Å². The maximum atomic E-state index is 12.3. The zero-order chi connectivity index (χ0) is 17.8. The second-order valence-corrected chi connectivity index (χ2v) is 7.75. The fourth-order valence-corrected chi connectivity index (χ4v) is 3.61.